The third-order valence-electron chi connectivity index (χ3n) is 4.81. The number of carbonyl (C=O) groups is 1. The van der Waals surface area contributed by atoms with Gasteiger partial charge in [0.1, 0.15) is 17.3 Å². The van der Waals surface area contributed by atoms with Crippen molar-refractivity contribution in [2.75, 3.05) is 38.2 Å². The molecule has 0 aromatic heterocycles. The first-order chi connectivity index (χ1) is 13.4. The number of amides is 1. The van der Waals surface area contributed by atoms with Gasteiger partial charge in [0.2, 0.25) is 5.91 Å². The quantitative estimate of drug-likeness (QED) is 0.601. The molecule has 2 aromatic rings. The first kappa shape index (κ1) is 19.6. The van der Waals surface area contributed by atoms with Crippen molar-refractivity contribution in [1.82, 2.24) is 4.90 Å². The van der Waals surface area contributed by atoms with Gasteiger partial charge in [-0.3, -0.25) is 19.8 Å². The van der Waals surface area contributed by atoms with E-state index in [2.05, 4.69) is 4.90 Å². The maximum Gasteiger partial charge on any atom is 0.293 e. The van der Waals surface area contributed by atoms with Gasteiger partial charge in [-0.2, -0.15) is 0 Å². The molecule has 2 aromatic carbocycles. The van der Waals surface area contributed by atoms with Gasteiger partial charge in [0.15, 0.2) is 0 Å². The van der Waals surface area contributed by atoms with E-state index in [1.54, 1.807) is 19.2 Å². The van der Waals surface area contributed by atoms with Crippen LogP contribution in [-0.4, -0.2) is 49.0 Å². The minimum absolute atomic E-state index is 0.104. The third-order valence-corrected chi connectivity index (χ3v) is 4.81. The molecule has 1 saturated heterocycles. The van der Waals surface area contributed by atoms with E-state index in [-0.39, 0.29) is 17.1 Å². The number of hydrogen-bond acceptors (Lipinski definition) is 6. The van der Waals surface area contributed by atoms with Gasteiger partial charge >= 0.3 is 0 Å². The molecule has 28 heavy (non-hydrogen) atoms. The zero-order valence-electron chi connectivity index (χ0n) is 15.4. The highest BCUT2D eigenvalue weighted by Gasteiger charge is 2.25. The van der Waals surface area contributed by atoms with E-state index in [0.717, 1.165) is 5.56 Å². The highest BCUT2D eigenvalue weighted by Crippen LogP contribution is 2.30. The fourth-order valence-corrected chi connectivity index (χ4v) is 3.35. The lowest BCUT2D eigenvalue weighted by Crippen LogP contribution is -2.46. The van der Waals surface area contributed by atoms with Gasteiger partial charge < -0.3 is 15.4 Å². The molecule has 1 fully saturated rings. The maximum absolute atomic E-state index is 13.6. The van der Waals surface area contributed by atoms with E-state index >= 15 is 0 Å². The molecule has 1 amide bonds. The summed E-state index contributed by atoms with van der Waals surface area (Å²) < 4.78 is 18.8. The Morgan fingerprint density at radius 3 is 2.54 bits per heavy atom. The van der Waals surface area contributed by atoms with Crippen molar-refractivity contribution in [3.05, 3.63) is 63.5 Å². The summed E-state index contributed by atoms with van der Waals surface area (Å²) in [6, 6.07) is 8.68. The molecule has 2 N–H and O–H groups in total. The first-order valence-electron chi connectivity index (χ1n) is 8.77. The molecule has 1 heterocycles. The number of methoxy groups -OCH3 is 1. The van der Waals surface area contributed by atoms with Crippen LogP contribution in [0.3, 0.4) is 0 Å². The summed E-state index contributed by atoms with van der Waals surface area (Å²) in [5.74, 6) is -0.399. The van der Waals surface area contributed by atoms with Crippen molar-refractivity contribution < 1.29 is 18.8 Å². The first-order valence-corrected chi connectivity index (χ1v) is 8.77. The SMILES string of the molecule is COc1ccc(F)cc1CN1CCN(c2ccc(C(N)=O)cc2[N+](=O)[O-])CC1. The lowest BCUT2D eigenvalue weighted by Gasteiger charge is -2.36. The van der Waals surface area contributed by atoms with E-state index in [1.807, 2.05) is 4.90 Å². The molecule has 9 heteroatoms. The molecule has 0 atom stereocenters. The number of carbonyl (C=O) groups excluding carboxylic acids is 1. The monoisotopic (exact) mass is 388 g/mol. The Labute approximate surface area is 161 Å². The largest absolute Gasteiger partial charge is 0.496 e. The topological polar surface area (TPSA) is 102 Å². The summed E-state index contributed by atoms with van der Waals surface area (Å²) in [6.07, 6.45) is 0. The highest BCUT2D eigenvalue weighted by molar-refractivity contribution is 5.94. The predicted molar refractivity (Wildman–Crippen MR) is 102 cm³/mol. The fraction of sp³-hybridized carbons (Fsp3) is 0.316. The van der Waals surface area contributed by atoms with E-state index in [9.17, 15) is 19.3 Å². The van der Waals surface area contributed by atoms with Gasteiger partial charge in [-0.05, 0) is 30.3 Å². The minimum atomic E-state index is -0.705. The molecule has 0 unspecified atom stereocenters. The van der Waals surface area contributed by atoms with Crippen LogP contribution in [0.2, 0.25) is 0 Å². The molecule has 148 valence electrons. The molecule has 8 nitrogen and oxygen atoms in total. The van der Waals surface area contributed by atoms with E-state index in [1.165, 1.54) is 24.3 Å². The lowest BCUT2D eigenvalue weighted by atomic mass is 10.1. The van der Waals surface area contributed by atoms with Crippen LogP contribution >= 0.6 is 0 Å². The Morgan fingerprint density at radius 2 is 1.93 bits per heavy atom. The number of rotatable bonds is 6. The molecule has 0 bridgehead atoms. The van der Waals surface area contributed by atoms with Crippen LogP contribution in [0.5, 0.6) is 5.75 Å². The Morgan fingerprint density at radius 1 is 1.21 bits per heavy atom. The summed E-state index contributed by atoms with van der Waals surface area (Å²) >= 11 is 0. The summed E-state index contributed by atoms with van der Waals surface area (Å²) in [5, 5.41) is 11.4. The number of ether oxygens (including phenoxy) is 1. The molecular formula is C19H21FN4O4. The number of benzene rings is 2. The highest BCUT2D eigenvalue weighted by atomic mass is 19.1. The van der Waals surface area contributed by atoms with E-state index < -0.39 is 10.8 Å². The number of piperazine rings is 1. The van der Waals surface area contributed by atoms with Gasteiger partial charge in [-0.25, -0.2) is 4.39 Å². The van der Waals surface area contributed by atoms with Crippen molar-refractivity contribution >= 4 is 17.3 Å². The second-order valence-corrected chi connectivity index (χ2v) is 6.54. The number of halogens is 1. The average molecular weight is 388 g/mol. The standard InChI is InChI=1S/C19H21FN4O4/c1-28-18-5-3-15(20)10-14(18)12-22-6-8-23(9-7-22)16-4-2-13(19(21)25)11-17(16)24(26)27/h2-5,10-11H,6-9,12H2,1H3,(H2,21,25). The Bertz CT molecular complexity index is 897. The van der Waals surface area contributed by atoms with Gasteiger partial charge in [0.05, 0.1) is 12.0 Å². The van der Waals surface area contributed by atoms with Crippen molar-refractivity contribution in [2.24, 2.45) is 5.73 Å². The summed E-state index contributed by atoms with van der Waals surface area (Å²) in [4.78, 5) is 26.2. The van der Waals surface area contributed by atoms with Crippen LogP contribution in [0.4, 0.5) is 15.8 Å². The van der Waals surface area contributed by atoms with Crippen LogP contribution in [-0.2, 0) is 6.54 Å². The van der Waals surface area contributed by atoms with Crippen LogP contribution in [0.1, 0.15) is 15.9 Å². The summed E-state index contributed by atoms with van der Waals surface area (Å²) in [6.45, 7) is 2.95. The Balaban J connectivity index is 1.71. The summed E-state index contributed by atoms with van der Waals surface area (Å²) in [5.41, 5.74) is 6.39. The van der Waals surface area contributed by atoms with E-state index in [0.29, 0.717) is 44.2 Å². The molecule has 1 aliphatic heterocycles. The third kappa shape index (κ3) is 4.20. The second-order valence-electron chi connectivity index (χ2n) is 6.54. The fourth-order valence-electron chi connectivity index (χ4n) is 3.35. The minimum Gasteiger partial charge on any atom is -0.496 e. The van der Waals surface area contributed by atoms with Crippen LogP contribution < -0.4 is 15.4 Å². The zero-order chi connectivity index (χ0) is 20.3. The Kier molecular flexibility index (Phi) is 5.74. The van der Waals surface area contributed by atoms with Gasteiger partial charge in [0, 0.05) is 49.9 Å². The molecule has 0 radical (unpaired) electrons. The van der Waals surface area contributed by atoms with Crippen LogP contribution in [0, 0.1) is 15.9 Å². The van der Waals surface area contributed by atoms with Gasteiger partial charge in [-0.15, -0.1) is 0 Å². The predicted octanol–water partition coefficient (Wildman–Crippen LogP) is 2.16. The number of anilines is 1. The van der Waals surface area contributed by atoms with Gasteiger partial charge in [-0.1, -0.05) is 0 Å². The van der Waals surface area contributed by atoms with Crippen LogP contribution in [0.15, 0.2) is 36.4 Å². The summed E-state index contributed by atoms with van der Waals surface area (Å²) in [7, 11) is 1.55. The smallest absolute Gasteiger partial charge is 0.293 e. The normalized spacial score (nSPS) is 14.7. The lowest BCUT2D eigenvalue weighted by molar-refractivity contribution is -0.384. The molecule has 1 aliphatic rings. The molecule has 3 rings (SSSR count). The van der Waals surface area contributed by atoms with E-state index in [4.69, 9.17) is 10.5 Å². The van der Waals surface area contributed by atoms with Gasteiger partial charge in [0.25, 0.3) is 5.69 Å². The second kappa shape index (κ2) is 8.22. The number of nitro benzene ring substituents is 1. The molecule has 0 spiro atoms. The molecule has 0 aliphatic carbocycles. The number of nitro groups is 1. The molecule has 0 saturated carbocycles. The van der Waals surface area contributed by atoms with Crippen LogP contribution in [0.25, 0.3) is 0 Å². The molecular weight excluding hydrogens is 367 g/mol. The number of hydrogen-bond donors (Lipinski definition) is 1. The zero-order valence-corrected chi connectivity index (χ0v) is 15.4. The Hall–Kier alpha value is -3.20. The number of primary amides is 1. The number of nitrogens with zero attached hydrogens (tertiary/aromatic N) is 3. The van der Waals surface area contributed by atoms with Crippen molar-refractivity contribution in [3.8, 4) is 5.75 Å². The maximum atomic E-state index is 13.6. The van der Waals surface area contributed by atoms with Crippen molar-refractivity contribution in [2.45, 2.75) is 6.54 Å². The average Bonchev–Trinajstić information content (AvgIpc) is 2.68. The van der Waals surface area contributed by atoms with Crippen molar-refractivity contribution in [3.63, 3.8) is 0 Å². The number of nitrogens with two attached hydrogens (primary N) is 1. The van der Waals surface area contributed by atoms with Crippen molar-refractivity contribution in [1.29, 1.82) is 0 Å².